The molecular weight excluding hydrogens is 278 g/mol. The highest BCUT2D eigenvalue weighted by Gasteiger charge is 2.28. The van der Waals surface area contributed by atoms with Gasteiger partial charge in [0.15, 0.2) is 0 Å². The van der Waals surface area contributed by atoms with Gasteiger partial charge in [0.2, 0.25) is 5.91 Å². The van der Waals surface area contributed by atoms with E-state index >= 15 is 0 Å². The third-order valence-corrected chi connectivity index (χ3v) is 4.19. The van der Waals surface area contributed by atoms with Gasteiger partial charge >= 0.3 is 0 Å². The molecule has 3 rings (SSSR count). The molecule has 0 aliphatic carbocycles. The lowest BCUT2D eigenvalue weighted by Crippen LogP contribution is -2.31. The van der Waals surface area contributed by atoms with Gasteiger partial charge in [-0.15, -0.1) is 0 Å². The molecule has 0 bridgehead atoms. The fraction of sp³-hybridized carbons (Fsp3) is 0.412. The van der Waals surface area contributed by atoms with Gasteiger partial charge in [-0.05, 0) is 19.4 Å². The minimum absolute atomic E-state index is 0.0586. The fourth-order valence-electron chi connectivity index (χ4n) is 2.87. The number of carbonyl (C=O) groups excluding carboxylic acids is 1. The summed E-state index contributed by atoms with van der Waals surface area (Å²) in [4.78, 5) is 13.7. The molecule has 5 nitrogen and oxygen atoms in total. The normalized spacial score (nSPS) is 17.9. The predicted octanol–water partition coefficient (Wildman–Crippen LogP) is 2.35. The molecule has 1 saturated heterocycles. The second kappa shape index (κ2) is 6.32. The third kappa shape index (κ3) is 3.04. The number of ether oxygens (including phenoxy) is 1. The van der Waals surface area contributed by atoms with Crippen LogP contribution in [0.2, 0.25) is 0 Å². The average molecular weight is 299 g/mol. The summed E-state index contributed by atoms with van der Waals surface area (Å²) in [6.07, 6.45) is 0.963. The Hall–Kier alpha value is -2.14. The number of benzene rings is 1. The fourth-order valence-corrected chi connectivity index (χ4v) is 2.87. The van der Waals surface area contributed by atoms with Gasteiger partial charge in [0.05, 0.1) is 5.69 Å². The Morgan fingerprint density at radius 2 is 2.18 bits per heavy atom. The Morgan fingerprint density at radius 3 is 2.91 bits per heavy atom. The van der Waals surface area contributed by atoms with Gasteiger partial charge in [-0.1, -0.05) is 29.8 Å². The molecule has 0 saturated carbocycles. The molecule has 0 unspecified atom stereocenters. The van der Waals surface area contributed by atoms with E-state index in [4.69, 9.17) is 4.74 Å². The van der Waals surface area contributed by atoms with Crippen molar-refractivity contribution < 1.29 is 9.53 Å². The Bertz CT molecular complexity index is 648. The number of nitrogens with one attached hydrogen (secondary N) is 1. The highest BCUT2D eigenvalue weighted by atomic mass is 16.5. The van der Waals surface area contributed by atoms with E-state index < -0.39 is 0 Å². The maximum atomic E-state index is 11.9. The van der Waals surface area contributed by atoms with Crippen LogP contribution in [0.1, 0.15) is 23.6 Å². The Balaban J connectivity index is 1.69. The van der Waals surface area contributed by atoms with Gasteiger partial charge in [0.1, 0.15) is 6.61 Å². The lowest BCUT2D eigenvalue weighted by molar-refractivity contribution is -0.134. The summed E-state index contributed by atoms with van der Waals surface area (Å²) in [5, 5.41) is 7.55. The van der Waals surface area contributed by atoms with Crippen LogP contribution in [0.4, 0.5) is 0 Å². The van der Waals surface area contributed by atoms with E-state index in [0.29, 0.717) is 5.92 Å². The third-order valence-electron chi connectivity index (χ3n) is 4.19. The molecule has 1 aromatic heterocycles. The van der Waals surface area contributed by atoms with Crippen molar-refractivity contribution in [2.75, 3.05) is 26.8 Å². The Labute approximate surface area is 130 Å². The van der Waals surface area contributed by atoms with E-state index in [1.165, 1.54) is 5.56 Å². The van der Waals surface area contributed by atoms with Crippen molar-refractivity contribution in [2.24, 2.45) is 0 Å². The number of hydrogen-bond donors (Lipinski definition) is 1. The van der Waals surface area contributed by atoms with Crippen molar-refractivity contribution in [1.82, 2.24) is 15.1 Å². The monoisotopic (exact) mass is 299 g/mol. The van der Waals surface area contributed by atoms with E-state index in [-0.39, 0.29) is 12.5 Å². The molecule has 116 valence electrons. The number of hydrogen-bond acceptors (Lipinski definition) is 3. The van der Waals surface area contributed by atoms with Gasteiger partial charge in [-0.2, -0.15) is 5.10 Å². The number of methoxy groups -OCH3 is 1. The molecule has 1 atom stereocenters. The summed E-state index contributed by atoms with van der Waals surface area (Å²) in [7, 11) is 1.55. The minimum atomic E-state index is 0.0586. The minimum Gasteiger partial charge on any atom is -0.375 e. The standard InChI is InChI=1S/C17H21N3O2/c1-12-3-5-13(6-4-12)15-9-16(19-18-15)14-7-8-20(10-14)17(21)11-22-2/h3-6,9,14H,7-8,10-11H2,1-2H3,(H,18,19)/t14-/m1/s1. The quantitative estimate of drug-likeness (QED) is 0.943. The number of aromatic nitrogens is 2. The molecule has 22 heavy (non-hydrogen) atoms. The Morgan fingerprint density at radius 1 is 1.41 bits per heavy atom. The van der Waals surface area contributed by atoms with Crippen LogP contribution in [0.3, 0.4) is 0 Å². The summed E-state index contributed by atoms with van der Waals surface area (Å²) < 4.78 is 4.92. The molecular formula is C17H21N3O2. The topological polar surface area (TPSA) is 58.2 Å². The van der Waals surface area contributed by atoms with Gasteiger partial charge in [0, 0.05) is 37.4 Å². The maximum Gasteiger partial charge on any atom is 0.248 e. The zero-order valence-electron chi connectivity index (χ0n) is 13.0. The van der Waals surface area contributed by atoms with E-state index in [1.807, 2.05) is 4.90 Å². The van der Waals surface area contributed by atoms with Crippen LogP contribution in [0.25, 0.3) is 11.3 Å². The van der Waals surface area contributed by atoms with Crippen LogP contribution in [0.15, 0.2) is 30.3 Å². The van der Waals surface area contributed by atoms with Crippen LogP contribution >= 0.6 is 0 Å². The highest BCUT2D eigenvalue weighted by Crippen LogP contribution is 2.28. The summed E-state index contributed by atoms with van der Waals surface area (Å²) >= 11 is 0. The van der Waals surface area contributed by atoms with Crippen LogP contribution in [-0.4, -0.2) is 47.8 Å². The first-order chi connectivity index (χ1) is 10.7. The van der Waals surface area contributed by atoms with Crippen molar-refractivity contribution in [1.29, 1.82) is 0 Å². The van der Waals surface area contributed by atoms with E-state index in [1.54, 1.807) is 7.11 Å². The number of amides is 1. The van der Waals surface area contributed by atoms with Crippen molar-refractivity contribution in [3.05, 3.63) is 41.6 Å². The number of aryl methyl sites for hydroxylation is 1. The first-order valence-corrected chi connectivity index (χ1v) is 7.56. The van der Waals surface area contributed by atoms with Gasteiger partial charge in [0.25, 0.3) is 0 Å². The molecule has 1 N–H and O–H groups in total. The number of likely N-dealkylation sites (tertiary alicyclic amines) is 1. The van der Waals surface area contributed by atoms with Crippen LogP contribution in [0.5, 0.6) is 0 Å². The molecule has 1 aliphatic rings. The average Bonchev–Trinajstić information content (AvgIpc) is 3.17. The number of carbonyl (C=O) groups is 1. The summed E-state index contributed by atoms with van der Waals surface area (Å²) in [6, 6.07) is 10.4. The molecule has 2 aromatic rings. The van der Waals surface area contributed by atoms with Crippen LogP contribution in [0, 0.1) is 6.92 Å². The number of aromatic amines is 1. The molecule has 1 aromatic carbocycles. The largest absolute Gasteiger partial charge is 0.375 e. The maximum absolute atomic E-state index is 11.9. The second-order valence-corrected chi connectivity index (χ2v) is 5.83. The Kier molecular flexibility index (Phi) is 4.24. The zero-order valence-corrected chi connectivity index (χ0v) is 13.0. The van der Waals surface area contributed by atoms with E-state index in [9.17, 15) is 4.79 Å². The first-order valence-electron chi connectivity index (χ1n) is 7.56. The number of nitrogens with zero attached hydrogens (tertiary/aromatic N) is 2. The first kappa shape index (κ1) is 14.8. The van der Waals surface area contributed by atoms with Crippen molar-refractivity contribution >= 4 is 5.91 Å². The van der Waals surface area contributed by atoms with Crippen molar-refractivity contribution in [2.45, 2.75) is 19.3 Å². The second-order valence-electron chi connectivity index (χ2n) is 5.83. The van der Waals surface area contributed by atoms with Crippen LogP contribution < -0.4 is 0 Å². The zero-order chi connectivity index (χ0) is 15.5. The molecule has 5 heteroatoms. The molecule has 1 aliphatic heterocycles. The summed E-state index contributed by atoms with van der Waals surface area (Å²) in [6.45, 7) is 3.75. The van der Waals surface area contributed by atoms with Crippen LogP contribution in [-0.2, 0) is 9.53 Å². The summed E-state index contributed by atoms with van der Waals surface area (Å²) in [5.41, 5.74) is 4.40. The number of rotatable bonds is 4. The van der Waals surface area contributed by atoms with Crippen molar-refractivity contribution in [3.8, 4) is 11.3 Å². The lowest BCUT2D eigenvalue weighted by atomic mass is 10.0. The van der Waals surface area contributed by atoms with Gasteiger partial charge in [-0.3, -0.25) is 9.89 Å². The molecule has 0 spiro atoms. The predicted molar refractivity (Wildman–Crippen MR) is 84.6 cm³/mol. The smallest absolute Gasteiger partial charge is 0.248 e. The van der Waals surface area contributed by atoms with Gasteiger partial charge < -0.3 is 9.64 Å². The number of H-pyrrole nitrogens is 1. The SMILES string of the molecule is COCC(=O)N1CC[C@@H](c2cc(-c3ccc(C)cc3)n[nH]2)C1. The van der Waals surface area contributed by atoms with Gasteiger partial charge in [-0.25, -0.2) is 0 Å². The molecule has 2 heterocycles. The molecule has 0 radical (unpaired) electrons. The van der Waals surface area contributed by atoms with Crippen molar-refractivity contribution in [3.63, 3.8) is 0 Å². The lowest BCUT2D eigenvalue weighted by Gasteiger charge is -2.15. The van der Waals surface area contributed by atoms with E-state index in [0.717, 1.165) is 36.5 Å². The molecule has 1 fully saturated rings. The molecule has 1 amide bonds. The summed E-state index contributed by atoms with van der Waals surface area (Å²) in [5.74, 6) is 0.385. The highest BCUT2D eigenvalue weighted by molar-refractivity contribution is 5.77. The van der Waals surface area contributed by atoms with E-state index in [2.05, 4.69) is 47.5 Å².